The van der Waals surface area contributed by atoms with Crippen LogP contribution in [0, 0.1) is 11.6 Å². The van der Waals surface area contributed by atoms with Crippen LogP contribution in [0.5, 0.6) is 0 Å². The Kier molecular flexibility index (Phi) is 8.18. The maximum atomic E-state index is 13.2. The molecule has 0 aromatic heterocycles. The normalized spacial score (nSPS) is 16.9. The van der Waals surface area contributed by atoms with E-state index in [1.54, 1.807) is 6.08 Å². The van der Waals surface area contributed by atoms with Gasteiger partial charge in [0.15, 0.2) is 0 Å². The van der Waals surface area contributed by atoms with Gasteiger partial charge < -0.3 is 5.32 Å². The van der Waals surface area contributed by atoms with Crippen molar-refractivity contribution < 1.29 is 8.78 Å². The predicted octanol–water partition coefficient (Wildman–Crippen LogP) is 2.94. The first kappa shape index (κ1) is 18.3. The van der Waals surface area contributed by atoms with Gasteiger partial charge in [-0.2, -0.15) is 0 Å². The standard InChI is InChI=1S/C13H16F2N2.2ClH/c1-2-13(17-5-3-16-4-6-17)10-7-11(14)9-12(15)8-10;;/h2,7-9,13,16H,1,3-6H2;2*1H/t13-;;/m1../s1. The lowest BCUT2D eigenvalue weighted by atomic mass is 10.0. The summed E-state index contributed by atoms with van der Waals surface area (Å²) in [7, 11) is 0. The highest BCUT2D eigenvalue weighted by molar-refractivity contribution is 5.85. The first-order chi connectivity index (χ1) is 8.20. The van der Waals surface area contributed by atoms with Gasteiger partial charge in [0.25, 0.3) is 0 Å². The van der Waals surface area contributed by atoms with E-state index < -0.39 is 11.6 Å². The van der Waals surface area contributed by atoms with Crippen LogP contribution in [0.4, 0.5) is 8.78 Å². The summed E-state index contributed by atoms with van der Waals surface area (Å²) in [4.78, 5) is 2.16. The Morgan fingerprint density at radius 3 is 2.11 bits per heavy atom. The number of rotatable bonds is 3. The molecule has 19 heavy (non-hydrogen) atoms. The van der Waals surface area contributed by atoms with E-state index in [4.69, 9.17) is 0 Å². The topological polar surface area (TPSA) is 15.3 Å². The van der Waals surface area contributed by atoms with Crippen molar-refractivity contribution >= 4 is 24.8 Å². The summed E-state index contributed by atoms with van der Waals surface area (Å²) in [6.45, 7) is 7.26. The van der Waals surface area contributed by atoms with E-state index in [1.807, 2.05) is 0 Å². The molecule has 2 nitrogen and oxygen atoms in total. The third-order valence-electron chi connectivity index (χ3n) is 2.99. The summed E-state index contributed by atoms with van der Waals surface area (Å²) in [5.41, 5.74) is 0.624. The van der Waals surface area contributed by atoms with Gasteiger partial charge in [-0.05, 0) is 17.7 Å². The molecule has 1 aromatic carbocycles. The first-order valence-corrected chi connectivity index (χ1v) is 5.74. The number of hydrogen-bond acceptors (Lipinski definition) is 2. The molecule has 1 aliphatic heterocycles. The zero-order valence-corrected chi connectivity index (χ0v) is 12.1. The molecule has 6 heteroatoms. The number of nitrogens with zero attached hydrogens (tertiary/aromatic N) is 1. The van der Waals surface area contributed by atoms with Gasteiger partial charge in [-0.3, -0.25) is 4.90 Å². The molecule has 1 aromatic rings. The van der Waals surface area contributed by atoms with Crippen molar-refractivity contribution in [2.24, 2.45) is 0 Å². The van der Waals surface area contributed by atoms with Crippen molar-refractivity contribution in [3.05, 3.63) is 48.1 Å². The summed E-state index contributed by atoms with van der Waals surface area (Å²) in [6.07, 6.45) is 1.74. The summed E-state index contributed by atoms with van der Waals surface area (Å²) in [6, 6.07) is 3.51. The Morgan fingerprint density at radius 1 is 1.11 bits per heavy atom. The van der Waals surface area contributed by atoms with Crippen molar-refractivity contribution in [1.82, 2.24) is 10.2 Å². The van der Waals surface area contributed by atoms with Gasteiger partial charge in [0.1, 0.15) is 11.6 Å². The fourth-order valence-electron chi connectivity index (χ4n) is 2.20. The monoisotopic (exact) mass is 310 g/mol. The molecule has 108 valence electrons. The molecule has 1 heterocycles. The molecule has 1 aliphatic rings. The number of nitrogens with one attached hydrogen (secondary N) is 1. The Balaban J connectivity index is 0.00000162. The van der Waals surface area contributed by atoms with Gasteiger partial charge in [-0.25, -0.2) is 8.78 Å². The van der Waals surface area contributed by atoms with Crippen molar-refractivity contribution in [2.45, 2.75) is 6.04 Å². The summed E-state index contributed by atoms with van der Waals surface area (Å²) >= 11 is 0. The maximum Gasteiger partial charge on any atom is 0.126 e. The SMILES string of the molecule is C=C[C@H](c1cc(F)cc(F)c1)N1CCNCC1.Cl.Cl. The Labute approximate surface area is 124 Å². The smallest absolute Gasteiger partial charge is 0.126 e. The molecule has 0 bridgehead atoms. The van der Waals surface area contributed by atoms with Crippen LogP contribution >= 0.6 is 24.8 Å². The van der Waals surface area contributed by atoms with Crippen molar-refractivity contribution in [1.29, 1.82) is 0 Å². The van der Waals surface area contributed by atoms with Crippen LogP contribution in [0.25, 0.3) is 0 Å². The molecule has 0 unspecified atom stereocenters. The van der Waals surface area contributed by atoms with E-state index in [2.05, 4.69) is 16.8 Å². The van der Waals surface area contributed by atoms with Crippen molar-refractivity contribution in [2.75, 3.05) is 26.2 Å². The summed E-state index contributed by atoms with van der Waals surface area (Å²) < 4.78 is 26.4. The van der Waals surface area contributed by atoms with Crippen molar-refractivity contribution in [3.8, 4) is 0 Å². The fourth-order valence-corrected chi connectivity index (χ4v) is 2.20. The van der Waals surface area contributed by atoms with Crippen LogP contribution in [-0.2, 0) is 0 Å². The second-order valence-electron chi connectivity index (χ2n) is 4.17. The van der Waals surface area contributed by atoms with Gasteiger partial charge in [0.2, 0.25) is 0 Å². The molecular weight excluding hydrogens is 293 g/mol. The highest BCUT2D eigenvalue weighted by Gasteiger charge is 2.20. The predicted molar refractivity (Wildman–Crippen MR) is 78.2 cm³/mol. The van der Waals surface area contributed by atoms with Gasteiger partial charge in [0.05, 0.1) is 6.04 Å². The maximum absolute atomic E-state index is 13.2. The summed E-state index contributed by atoms with van der Waals surface area (Å²) in [5.74, 6) is -1.08. The third-order valence-corrected chi connectivity index (χ3v) is 2.99. The second kappa shape index (κ2) is 8.48. The minimum absolute atomic E-state index is 0. The second-order valence-corrected chi connectivity index (χ2v) is 4.17. The highest BCUT2D eigenvalue weighted by Crippen LogP contribution is 2.23. The lowest BCUT2D eigenvalue weighted by Crippen LogP contribution is -2.44. The van der Waals surface area contributed by atoms with E-state index in [-0.39, 0.29) is 30.9 Å². The van der Waals surface area contributed by atoms with Crippen LogP contribution in [0.15, 0.2) is 30.9 Å². The largest absolute Gasteiger partial charge is 0.314 e. The van der Waals surface area contributed by atoms with Gasteiger partial charge >= 0.3 is 0 Å². The van der Waals surface area contributed by atoms with E-state index in [0.717, 1.165) is 32.2 Å². The molecule has 1 saturated heterocycles. The van der Waals surface area contributed by atoms with E-state index >= 15 is 0 Å². The minimum Gasteiger partial charge on any atom is -0.314 e. The Hall–Kier alpha value is -0.680. The van der Waals surface area contributed by atoms with E-state index in [9.17, 15) is 8.78 Å². The molecule has 0 radical (unpaired) electrons. The first-order valence-electron chi connectivity index (χ1n) is 5.74. The summed E-state index contributed by atoms with van der Waals surface area (Å²) in [5, 5.41) is 3.24. The van der Waals surface area contributed by atoms with E-state index in [0.29, 0.717) is 5.56 Å². The van der Waals surface area contributed by atoms with Crippen LogP contribution < -0.4 is 5.32 Å². The van der Waals surface area contributed by atoms with Crippen LogP contribution in [-0.4, -0.2) is 31.1 Å². The lowest BCUT2D eigenvalue weighted by Gasteiger charge is -2.33. The van der Waals surface area contributed by atoms with Crippen LogP contribution in [0.3, 0.4) is 0 Å². The molecule has 1 fully saturated rings. The van der Waals surface area contributed by atoms with E-state index in [1.165, 1.54) is 12.1 Å². The Bertz CT molecular complexity index is 389. The quantitative estimate of drug-likeness (QED) is 0.864. The van der Waals surface area contributed by atoms with Gasteiger partial charge in [-0.15, -0.1) is 31.4 Å². The number of piperazine rings is 1. The van der Waals surface area contributed by atoms with Crippen molar-refractivity contribution in [3.63, 3.8) is 0 Å². The lowest BCUT2D eigenvalue weighted by molar-refractivity contribution is 0.203. The van der Waals surface area contributed by atoms with Gasteiger partial charge in [0, 0.05) is 32.2 Å². The molecule has 1 N–H and O–H groups in total. The number of hydrogen-bond donors (Lipinski definition) is 1. The van der Waals surface area contributed by atoms with Crippen LogP contribution in [0.1, 0.15) is 11.6 Å². The molecule has 0 spiro atoms. The molecule has 1 atom stereocenters. The number of benzene rings is 1. The van der Waals surface area contributed by atoms with Crippen LogP contribution in [0.2, 0.25) is 0 Å². The third kappa shape index (κ3) is 4.73. The molecule has 0 amide bonds. The highest BCUT2D eigenvalue weighted by atomic mass is 35.5. The van der Waals surface area contributed by atoms with Gasteiger partial charge in [-0.1, -0.05) is 6.08 Å². The molecule has 2 rings (SSSR count). The minimum atomic E-state index is -0.540. The average Bonchev–Trinajstić information content (AvgIpc) is 2.30. The number of halogens is 4. The Morgan fingerprint density at radius 2 is 1.63 bits per heavy atom. The molecule has 0 saturated carbocycles. The zero-order valence-electron chi connectivity index (χ0n) is 10.4. The molecular formula is C13H18Cl2F2N2. The zero-order chi connectivity index (χ0) is 12.3. The average molecular weight is 311 g/mol. The fraction of sp³-hybridized carbons (Fsp3) is 0.385. The molecule has 0 aliphatic carbocycles.